The van der Waals surface area contributed by atoms with E-state index in [0.29, 0.717) is 45.0 Å². The van der Waals surface area contributed by atoms with Crippen LogP contribution >= 0.6 is 24.0 Å². The van der Waals surface area contributed by atoms with E-state index in [1.165, 1.54) is 0 Å². The molecule has 9 heteroatoms. The van der Waals surface area contributed by atoms with Crippen molar-refractivity contribution < 1.29 is 13.9 Å². The number of ether oxygens (including phenoxy) is 1. The number of likely N-dealkylation sites (tertiary alicyclic amines) is 1. The standard InChI is InChI=1S/C21H32FN5O2.HI/c1-2-24-21(27-7-3-4-17(15-27)13-20(23)28)25-14-16-5-6-19(18(22)12-16)26-8-10-29-11-9-26;/h5-6,12,17H,2-4,7-11,13-15H2,1H3,(H2,23,28)(H,24,25);1H. The van der Waals surface area contributed by atoms with Crippen molar-refractivity contribution >= 4 is 41.5 Å². The van der Waals surface area contributed by atoms with Crippen molar-refractivity contribution in [2.24, 2.45) is 16.6 Å². The fourth-order valence-corrected chi connectivity index (χ4v) is 4.01. The normalized spacial score (nSPS) is 19.9. The number of amides is 1. The first-order chi connectivity index (χ1) is 14.1. The second kappa shape index (κ2) is 12.3. The van der Waals surface area contributed by atoms with Gasteiger partial charge in [0.05, 0.1) is 25.4 Å². The number of rotatable bonds is 6. The molecule has 1 aromatic carbocycles. The number of aliphatic imine (C=N–C) groups is 1. The van der Waals surface area contributed by atoms with Crippen molar-refractivity contribution in [1.29, 1.82) is 0 Å². The lowest BCUT2D eigenvalue weighted by molar-refractivity contribution is -0.119. The number of nitrogens with two attached hydrogens (primary N) is 1. The van der Waals surface area contributed by atoms with Crippen LogP contribution in [-0.2, 0) is 16.1 Å². The predicted octanol–water partition coefficient (Wildman–Crippen LogP) is 2.33. The van der Waals surface area contributed by atoms with Gasteiger partial charge in [-0.1, -0.05) is 6.07 Å². The Kier molecular flexibility index (Phi) is 10.1. The molecule has 0 aliphatic carbocycles. The summed E-state index contributed by atoms with van der Waals surface area (Å²) in [6, 6.07) is 5.35. The van der Waals surface area contributed by atoms with Crippen molar-refractivity contribution in [2.45, 2.75) is 32.7 Å². The van der Waals surface area contributed by atoms with Crippen LogP contribution in [0.4, 0.5) is 10.1 Å². The molecule has 0 saturated carbocycles. The number of carbonyl (C=O) groups excluding carboxylic acids is 1. The quantitative estimate of drug-likeness (QED) is 0.334. The number of anilines is 1. The molecule has 1 atom stereocenters. The minimum Gasteiger partial charge on any atom is -0.378 e. The summed E-state index contributed by atoms with van der Waals surface area (Å²) in [5.74, 6) is 0.591. The summed E-state index contributed by atoms with van der Waals surface area (Å²) in [4.78, 5) is 20.2. The summed E-state index contributed by atoms with van der Waals surface area (Å²) in [6.45, 7) is 7.51. The highest BCUT2D eigenvalue weighted by atomic mass is 127. The average Bonchev–Trinajstić information content (AvgIpc) is 2.71. The number of halogens is 2. The van der Waals surface area contributed by atoms with Crippen LogP contribution in [0.1, 0.15) is 31.7 Å². The number of piperidine rings is 1. The molecule has 1 unspecified atom stereocenters. The van der Waals surface area contributed by atoms with E-state index in [4.69, 9.17) is 15.5 Å². The average molecular weight is 533 g/mol. The highest BCUT2D eigenvalue weighted by Gasteiger charge is 2.23. The van der Waals surface area contributed by atoms with Crippen LogP contribution < -0.4 is 16.0 Å². The van der Waals surface area contributed by atoms with Gasteiger partial charge >= 0.3 is 0 Å². The van der Waals surface area contributed by atoms with Gasteiger partial charge in [0, 0.05) is 39.1 Å². The second-order valence-corrected chi connectivity index (χ2v) is 7.68. The molecule has 0 aromatic heterocycles. The molecule has 3 rings (SSSR count). The lowest BCUT2D eigenvalue weighted by Gasteiger charge is -2.34. The Morgan fingerprint density at radius 3 is 2.77 bits per heavy atom. The van der Waals surface area contributed by atoms with Crippen molar-refractivity contribution in [2.75, 3.05) is 50.8 Å². The minimum atomic E-state index is -0.255. The maximum Gasteiger partial charge on any atom is 0.217 e. The number of hydrogen-bond acceptors (Lipinski definition) is 4. The summed E-state index contributed by atoms with van der Waals surface area (Å²) in [5.41, 5.74) is 6.83. The molecule has 0 spiro atoms. The van der Waals surface area contributed by atoms with Crippen molar-refractivity contribution in [3.63, 3.8) is 0 Å². The summed E-state index contributed by atoms with van der Waals surface area (Å²) in [7, 11) is 0. The first-order valence-corrected chi connectivity index (χ1v) is 10.5. The number of nitrogens with one attached hydrogen (secondary N) is 1. The van der Waals surface area contributed by atoms with E-state index in [9.17, 15) is 9.18 Å². The Hall–Kier alpha value is -1.62. The van der Waals surface area contributed by atoms with Gasteiger partial charge in [0.15, 0.2) is 5.96 Å². The van der Waals surface area contributed by atoms with Gasteiger partial charge in [0.25, 0.3) is 0 Å². The zero-order chi connectivity index (χ0) is 20.6. The van der Waals surface area contributed by atoms with Gasteiger partial charge < -0.3 is 25.6 Å². The summed E-state index contributed by atoms with van der Waals surface area (Å²) in [5, 5.41) is 3.32. The Bertz CT molecular complexity index is 727. The molecule has 2 saturated heterocycles. The van der Waals surface area contributed by atoms with Gasteiger partial charge in [0.2, 0.25) is 5.91 Å². The molecular weight excluding hydrogens is 500 g/mol. The lowest BCUT2D eigenvalue weighted by atomic mass is 9.95. The maximum atomic E-state index is 14.6. The smallest absolute Gasteiger partial charge is 0.217 e. The van der Waals surface area contributed by atoms with E-state index in [2.05, 4.69) is 10.2 Å². The van der Waals surface area contributed by atoms with Gasteiger partial charge in [0.1, 0.15) is 5.82 Å². The lowest BCUT2D eigenvalue weighted by Crippen LogP contribution is -2.47. The Labute approximate surface area is 195 Å². The third kappa shape index (κ3) is 6.97. The Balaban J connectivity index is 0.00000320. The van der Waals surface area contributed by atoms with E-state index in [0.717, 1.165) is 44.0 Å². The van der Waals surface area contributed by atoms with Crippen LogP contribution in [-0.4, -0.2) is 62.7 Å². The van der Waals surface area contributed by atoms with Gasteiger partial charge in [-0.05, 0) is 43.4 Å². The number of carbonyl (C=O) groups is 1. The van der Waals surface area contributed by atoms with Crippen LogP contribution in [0.3, 0.4) is 0 Å². The molecule has 1 amide bonds. The second-order valence-electron chi connectivity index (χ2n) is 7.68. The highest BCUT2D eigenvalue weighted by molar-refractivity contribution is 14.0. The zero-order valence-corrected chi connectivity index (χ0v) is 19.9. The van der Waals surface area contributed by atoms with E-state index in [-0.39, 0.29) is 41.6 Å². The van der Waals surface area contributed by atoms with E-state index >= 15 is 0 Å². The van der Waals surface area contributed by atoms with Gasteiger partial charge in [-0.15, -0.1) is 24.0 Å². The van der Waals surface area contributed by atoms with Crippen molar-refractivity contribution in [1.82, 2.24) is 10.2 Å². The van der Waals surface area contributed by atoms with E-state index in [1.807, 2.05) is 24.0 Å². The SMILES string of the molecule is CCNC(=NCc1ccc(N2CCOCC2)c(F)c1)N1CCCC(CC(N)=O)C1.I. The van der Waals surface area contributed by atoms with E-state index in [1.54, 1.807) is 6.07 Å². The van der Waals surface area contributed by atoms with Gasteiger partial charge in [-0.25, -0.2) is 9.38 Å². The molecule has 2 aliphatic rings. The van der Waals surface area contributed by atoms with Crippen molar-refractivity contribution in [3.8, 4) is 0 Å². The van der Waals surface area contributed by atoms with Crippen LogP contribution in [0.5, 0.6) is 0 Å². The number of benzene rings is 1. The summed E-state index contributed by atoms with van der Waals surface area (Å²) >= 11 is 0. The molecule has 2 heterocycles. The Morgan fingerprint density at radius 2 is 2.10 bits per heavy atom. The van der Waals surface area contributed by atoms with Gasteiger partial charge in [-0.2, -0.15) is 0 Å². The zero-order valence-electron chi connectivity index (χ0n) is 17.6. The number of nitrogens with zero attached hydrogens (tertiary/aromatic N) is 3. The largest absolute Gasteiger partial charge is 0.378 e. The van der Waals surface area contributed by atoms with Crippen LogP contribution in [0.15, 0.2) is 23.2 Å². The van der Waals surface area contributed by atoms with Crippen LogP contribution in [0.2, 0.25) is 0 Å². The first-order valence-electron chi connectivity index (χ1n) is 10.5. The highest BCUT2D eigenvalue weighted by Crippen LogP contribution is 2.23. The topological polar surface area (TPSA) is 83.2 Å². The molecule has 1 aromatic rings. The van der Waals surface area contributed by atoms with Crippen LogP contribution in [0, 0.1) is 11.7 Å². The number of morpholine rings is 1. The molecule has 0 radical (unpaired) electrons. The van der Waals surface area contributed by atoms with Gasteiger partial charge in [-0.3, -0.25) is 4.79 Å². The third-order valence-electron chi connectivity index (χ3n) is 5.42. The predicted molar refractivity (Wildman–Crippen MR) is 128 cm³/mol. The summed E-state index contributed by atoms with van der Waals surface area (Å²) in [6.07, 6.45) is 2.42. The molecule has 2 fully saturated rings. The molecule has 30 heavy (non-hydrogen) atoms. The molecular formula is C21H33FIN5O2. The number of hydrogen-bond donors (Lipinski definition) is 2. The third-order valence-corrected chi connectivity index (χ3v) is 5.42. The minimum absolute atomic E-state index is 0. The molecule has 168 valence electrons. The molecule has 7 nitrogen and oxygen atoms in total. The number of primary amides is 1. The fourth-order valence-electron chi connectivity index (χ4n) is 4.01. The number of guanidine groups is 1. The molecule has 3 N–H and O–H groups in total. The fraction of sp³-hybridized carbons (Fsp3) is 0.619. The molecule has 2 aliphatic heterocycles. The Morgan fingerprint density at radius 1 is 1.33 bits per heavy atom. The monoisotopic (exact) mass is 533 g/mol. The molecule has 0 bridgehead atoms. The summed E-state index contributed by atoms with van der Waals surface area (Å²) < 4.78 is 20.0. The first kappa shape index (κ1) is 24.6. The van der Waals surface area contributed by atoms with E-state index < -0.39 is 0 Å². The maximum absolute atomic E-state index is 14.6. The van der Waals surface area contributed by atoms with Crippen molar-refractivity contribution in [3.05, 3.63) is 29.6 Å². The van der Waals surface area contributed by atoms with Crippen LogP contribution in [0.25, 0.3) is 0 Å².